The van der Waals surface area contributed by atoms with Gasteiger partial charge in [-0.05, 0) is 50.3 Å². The molecule has 43 heavy (non-hydrogen) atoms. The summed E-state index contributed by atoms with van der Waals surface area (Å²) in [5.41, 5.74) is 0.217. The molecule has 2 amide bonds. The van der Waals surface area contributed by atoms with Gasteiger partial charge in [0.05, 0.1) is 72.1 Å². The zero-order valence-electron chi connectivity index (χ0n) is 23.1. The molecule has 2 unspecified atom stereocenters. The average molecular weight is 615 g/mol. The molecule has 1 saturated carbocycles. The molecule has 2 atom stereocenters. The monoisotopic (exact) mass is 614 g/mol. The molecule has 6 aliphatic rings. The lowest BCUT2D eigenvalue weighted by Gasteiger charge is -2.52. The van der Waals surface area contributed by atoms with Crippen molar-refractivity contribution >= 4 is 44.2 Å². The molecule has 6 heterocycles. The number of nitrogens with one attached hydrogen (secondary N) is 2. The fourth-order valence-electron chi connectivity index (χ4n) is 6.78. The maximum Gasteiger partial charge on any atom is 0.586 e. The summed E-state index contributed by atoms with van der Waals surface area (Å²) >= 11 is 1.37. The van der Waals surface area contributed by atoms with E-state index in [0.29, 0.717) is 35.8 Å². The highest BCUT2D eigenvalue weighted by molar-refractivity contribution is 7.22. The van der Waals surface area contributed by atoms with Gasteiger partial charge >= 0.3 is 6.29 Å². The molecule has 0 spiro atoms. The minimum Gasteiger partial charge on any atom is -0.496 e. The van der Waals surface area contributed by atoms with E-state index < -0.39 is 23.6 Å². The van der Waals surface area contributed by atoms with E-state index in [1.807, 2.05) is 0 Å². The highest BCUT2D eigenvalue weighted by Gasteiger charge is 2.46. The topological polar surface area (TPSA) is 120 Å². The van der Waals surface area contributed by atoms with E-state index in [9.17, 15) is 18.4 Å². The normalized spacial score (nSPS) is 28.0. The number of anilines is 2. The molecule has 11 nitrogen and oxygen atoms in total. The Morgan fingerprint density at radius 3 is 2.51 bits per heavy atom. The van der Waals surface area contributed by atoms with Crippen LogP contribution in [0.2, 0.25) is 0 Å². The summed E-state index contributed by atoms with van der Waals surface area (Å²) in [7, 11) is 1.46. The zero-order valence-corrected chi connectivity index (χ0v) is 23.9. The molecule has 0 radical (unpaired) electrons. The number of fused-ring (bicyclic) bond motifs is 7. The van der Waals surface area contributed by atoms with Gasteiger partial charge in [0, 0.05) is 6.07 Å². The first-order chi connectivity index (χ1) is 20.7. The summed E-state index contributed by atoms with van der Waals surface area (Å²) < 4.78 is 54.9. The van der Waals surface area contributed by atoms with Crippen LogP contribution < -0.4 is 29.7 Å². The van der Waals surface area contributed by atoms with E-state index in [1.54, 1.807) is 12.1 Å². The second kappa shape index (κ2) is 9.63. The number of carbonyl (C=O) groups is 2. The van der Waals surface area contributed by atoms with Crippen LogP contribution in [-0.4, -0.2) is 73.8 Å². The molecule has 2 aromatic carbocycles. The molecule has 1 aliphatic carbocycles. The average Bonchev–Trinajstić information content (AvgIpc) is 3.55. The van der Waals surface area contributed by atoms with Gasteiger partial charge in [-0.3, -0.25) is 9.59 Å². The van der Waals surface area contributed by atoms with Crippen molar-refractivity contribution in [2.75, 3.05) is 37.1 Å². The summed E-state index contributed by atoms with van der Waals surface area (Å²) in [4.78, 5) is 34.7. The number of alkyl halides is 2. The number of halogens is 2. The molecular formula is C29H28F2N4O7S. The van der Waals surface area contributed by atoms with E-state index in [-0.39, 0.29) is 46.5 Å². The van der Waals surface area contributed by atoms with Crippen molar-refractivity contribution in [2.45, 2.75) is 62.1 Å². The van der Waals surface area contributed by atoms with E-state index in [1.165, 1.54) is 30.6 Å². The number of amides is 2. The smallest absolute Gasteiger partial charge is 0.496 e. The number of carbonyl (C=O) groups excluding carboxylic acids is 2. The van der Waals surface area contributed by atoms with Crippen LogP contribution in [0.5, 0.6) is 17.2 Å². The van der Waals surface area contributed by atoms with Crippen LogP contribution in [0, 0.1) is 0 Å². The van der Waals surface area contributed by atoms with Gasteiger partial charge in [0.2, 0.25) is 0 Å². The van der Waals surface area contributed by atoms with E-state index in [4.69, 9.17) is 19.2 Å². The Kier molecular flexibility index (Phi) is 6.01. The predicted octanol–water partition coefficient (Wildman–Crippen LogP) is 4.30. The van der Waals surface area contributed by atoms with Crippen molar-refractivity contribution in [1.29, 1.82) is 0 Å². The van der Waals surface area contributed by atoms with Gasteiger partial charge in [-0.25, -0.2) is 4.98 Å². The van der Waals surface area contributed by atoms with Crippen LogP contribution in [0.4, 0.5) is 19.6 Å². The summed E-state index contributed by atoms with van der Waals surface area (Å²) in [5.74, 6) is -1.43. The molecule has 4 saturated heterocycles. The minimum absolute atomic E-state index is 0.0115. The Balaban J connectivity index is 1.15. The number of methoxy groups -OCH3 is 1. The second-order valence-corrected chi connectivity index (χ2v) is 12.7. The molecule has 5 aliphatic heterocycles. The van der Waals surface area contributed by atoms with Crippen LogP contribution in [0.1, 0.15) is 52.8 Å². The van der Waals surface area contributed by atoms with Gasteiger partial charge in [-0.1, -0.05) is 11.3 Å². The fraction of sp³-hybridized carbons (Fsp3) is 0.483. The molecule has 9 rings (SSSR count). The summed E-state index contributed by atoms with van der Waals surface area (Å²) in [5, 5.41) is 6.61. The summed E-state index contributed by atoms with van der Waals surface area (Å²) in [6.45, 7) is 1.63. The standard InChI is InChI=1S/C29H28F2N4O7S/c1-38-20-3-2-18-24(43-27(33-18)35-14-8-15(35)12-39-11-14)23(20)26(37)32-19-10-22-21(41-29(30,31)42-22)9-17(19)25(36)34-28-6-4-16(5-7-28)40-13-28/h2-3,9-10,14-16H,4-8,11-13H2,1H3,(H,32,37)(H,34,36). The lowest BCUT2D eigenvalue weighted by Crippen LogP contribution is -2.64. The van der Waals surface area contributed by atoms with Crippen LogP contribution in [-0.2, 0) is 9.47 Å². The third-order valence-electron chi connectivity index (χ3n) is 9.03. The van der Waals surface area contributed by atoms with E-state index in [0.717, 1.165) is 37.2 Å². The molecule has 1 aromatic heterocycles. The lowest BCUT2D eigenvalue weighted by molar-refractivity contribution is -0.286. The van der Waals surface area contributed by atoms with Crippen molar-refractivity contribution in [1.82, 2.24) is 10.3 Å². The van der Waals surface area contributed by atoms with Gasteiger partial charge in [0.1, 0.15) is 11.3 Å². The summed E-state index contributed by atoms with van der Waals surface area (Å²) in [6.07, 6.45) is 0.459. The Morgan fingerprint density at radius 2 is 1.84 bits per heavy atom. The number of aromatic nitrogens is 1. The molecule has 3 aromatic rings. The van der Waals surface area contributed by atoms with Crippen LogP contribution >= 0.6 is 11.3 Å². The first-order valence-electron chi connectivity index (χ1n) is 14.2. The van der Waals surface area contributed by atoms with Crippen LogP contribution in [0.25, 0.3) is 10.2 Å². The third kappa shape index (κ3) is 4.45. The largest absolute Gasteiger partial charge is 0.586 e. The molecule has 2 N–H and O–H groups in total. The van der Waals surface area contributed by atoms with Gasteiger partial charge in [-0.2, -0.15) is 0 Å². The Morgan fingerprint density at radius 1 is 1.09 bits per heavy atom. The van der Waals surface area contributed by atoms with Crippen molar-refractivity contribution in [3.8, 4) is 17.2 Å². The first kappa shape index (κ1) is 26.8. The number of hydrogen-bond donors (Lipinski definition) is 2. The third-order valence-corrected chi connectivity index (χ3v) is 10.1. The van der Waals surface area contributed by atoms with Crippen LogP contribution in [0.3, 0.4) is 0 Å². The van der Waals surface area contributed by atoms with Crippen molar-refractivity contribution in [3.63, 3.8) is 0 Å². The SMILES string of the molecule is COc1ccc2nc(N3C4COCC3C4)sc2c1C(=O)Nc1cc2c(cc1C(=O)NC13CCC(CC1)OC3)OC(F)(F)O2. The number of hydrogen-bond acceptors (Lipinski definition) is 10. The fourth-order valence-corrected chi connectivity index (χ4v) is 8.03. The van der Waals surface area contributed by atoms with Gasteiger partial charge in [-0.15, -0.1) is 8.78 Å². The Hall–Kier alpha value is -3.75. The molecule has 4 bridgehead atoms. The second-order valence-electron chi connectivity index (χ2n) is 11.7. The van der Waals surface area contributed by atoms with Crippen molar-refractivity contribution in [2.24, 2.45) is 0 Å². The maximum atomic E-state index is 14.0. The van der Waals surface area contributed by atoms with Gasteiger partial charge in [0.25, 0.3) is 11.8 Å². The predicted molar refractivity (Wildman–Crippen MR) is 151 cm³/mol. The zero-order chi connectivity index (χ0) is 29.5. The van der Waals surface area contributed by atoms with Crippen LogP contribution in [0.15, 0.2) is 24.3 Å². The summed E-state index contributed by atoms with van der Waals surface area (Å²) in [6, 6.07) is 6.29. The number of rotatable bonds is 6. The maximum absolute atomic E-state index is 14.0. The minimum atomic E-state index is -3.90. The molecule has 226 valence electrons. The molecule has 14 heteroatoms. The van der Waals surface area contributed by atoms with Crippen molar-refractivity contribution < 1.29 is 42.1 Å². The van der Waals surface area contributed by atoms with Gasteiger partial charge in [0.15, 0.2) is 16.6 Å². The quantitative estimate of drug-likeness (QED) is 0.419. The number of thiazole rings is 1. The number of ether oxygens (including phenoxy) is 5. The Bertz CT molecular complexity index is 1630. The first-order valence-corrected chi connectivity index (χ1v) is 15.1. The van der Waals surface area contributed by atoms with E-state index >= 15 is 0 Å². The number of benzene rings is 2. The van der Waals surface area contributed by atoms with Crippen molar-refractivity contribution in [3.05, 3.63) is 35.4 Å². The van der Waals surface area contributed by atoms with E-state index in [2.05, 4.69) is 25.0 Å². The van der Waals surface area contributed by atoms with Gasteiger partial charge < -0.3 is 39.2 Å². The highest BCUT2D eigenvalue weighted by Crippen LogP contribution is 2.46. The number of nitrogens with zero attached hydrogens (tertiary/aromatic N) is 2. The number of morpholine rings is 1. The molecule has 5 fully saturated rings. The lowest BCUT2D eigenvalue weighted by atomic mass is 9.78. The highest BCUT2D eigenvalue weighted by atomic mass is 32.1. The molecular weight excluding hydrogens is 586 g/mol. The Labute approximate surface area is 248 Å².